The van der Waals surface area contributed by atoms with Gasteiger partial charge in [0.2, 0.25) is 0 Å². The van der Waals surface area contributed by atoms with Crippen molar-refractivity contribution < 1.29 is 13.2 Å². The molecule has 3 aliphatic rings. The number of hydrazone groups is 1. The van der Waals surface area contributed by atoms with Crippen LogP contribution in [0.25, 0.3) is 0 Å². The molecule has 1 aromatic heterocycles. The summed E-state index contributed by atoms with van der Waals surface area (Å²) in [5.74, 6) is -0.340. The van der Waals surface area contributed by atoms with Crippen LogP contribution in [0.4, 0.5) is 5.13 Å². The van der Waals surface area contributed by atoms with E-state index in [-0.39, 0.29) is 16.9 Å². The summed E-state index contributed by atoms with van der Waals surface area (Å²) in [5.41, 5.74) is 0.868. The Balaban J connectivity index is 1.32. The van der Waals surface area contributed by atoms with Gasteiger partial charge in [0.1, 0.15) is 0 Å². The number of hydrogen-bond acceptors (Lipinski definition) is 9. The number of carbonyl (C=O) groups excluding carboxylic acids is 1. The van der Waals surface area contributed by atoms with E-state index in [1.165, 1.54) is 11.3 Å². The third kappa shape index (κ3) is 5.48. The van der Waals surface area contributed by atoms with E-state index in [1.807, 2.05) is 11.2 Å². The number of thiazole rings is 1. The first kappa shape index (κ1) is 23.4. The first-order valence-corrected chi connectivity index (χ1v) is 14.2. The van der Waals surface area contributed by atoms with Crippen LogP contribution in [0.2, 0.25) is 0 Å². The summed E-state index contributed by atoms with van der Waals surface area (Å²) in [6.07, 6.45) is 5.34. The fourth-order valence-corrected chi connectivity index (χ4v) is 6.74. The lowest BCUT2D eigenvalue weighted by atomic mass is 10.1. The quantitative estimate of drug-likeness (QED) is 0.531. The van der Waals surface area contributed by atoms with Crippen molar-refractivity contribution in [1.29, 1.82) is 0 Å². The van der Waals surface area contributed by atoms with Gasteiger partial charge in [-0.05, 0) is 37.8 Å². The van der Waals surface area contributed by atoms with Gasteiger partial charge in [0.05, 0.1) is 10.1 Å². The van der Waals surface area contributed by atoms with Crippen molar-refractivity contribution in [3.8, 4) is 0 Å². The highest BCUT2D eigenvalue weighted by atomic mass is 32.2. The Hall–Kier alpha value is -2.34. The summed E-state index contributed by atoms with van der Waals surface area (Å²) < 4.78 is 25.1. The number of piperazine rings is 1. The van der Waals surface area contributed by atoms with Crippen molar-refractivity contribution >= 4 is 37.9 Å². The van der Waals surface area contributed by atoms with Crippen LogP contribution in [0.15, 0.2) is 40.5 Å². The Morgan fingerprint density at radius 1 is 1.12 bits per heavy atom. The normalized spacial score (nSPS) is 20.0. The Morgan fingerprint density at radius 3 is 2.50 bits per heavy atom. The minimum atomic E-state index is -3.28. The Morgan fingerprint density at radius 2 is 1.82 bits per heavy atom. The number of nitrogens with one attached hydrogen (secondary N) is 2. The van der Waals surface area contributed by atoms with E-state index in [1.54, 1.807) is 24.3 Å². The van der Waals surface area contributed by atoms with Gasteiger partial charge in [-0.2, -0.15) is 5.10 Å². The zero-order valence-electron chi connectivity index (χ0n) is 19.1. The summed E-state index contributed by atoms with van der Waals surface area (Å²) in [7, 11) is -3.28. The molecule has 1 aliphatic carbocycles. The summed E-state index contributed by atoms with van der Waals surface area (Å²) in [5, 5.41) is 13.1. The Bertz CT molecular complexity index is 1150. The summed E-state index contributed by atoms with van der Waals surface area (Å²) in [4.78, 5) is 21.4. The molecule has 0 unspecified atom stereocenters. The first-order valence-electron chi connectivity index (χ1n) is 11.9. The number of carbonyl (C=O) groups is 1. The van der Waals surface area contributed by atoms with E-state index in [2.05, 4.69) is 25.6 Å². The highest BCUT2D eigenvalue weighted by molar-refractivity contribution is 7.92. The molecule has 182 valence electrons. The highest BCUT2D eigenvalue weighted by Gasteiger charge is 2.36. The molecule has 2 aliphatic heterocycles. The van der Waals surface area contributed by atoms with Gasteiger partial charge in [0.25, 0.3) is 5.91 Å². The fourth-order valence-electron chi connectivity index (χ4n) is 4.23. The van der Waals surface area contributed by atoms with Gasteiger partial charge in [0.15, 0.2) is 20.7 Å². The predicted octanol–water partition coefficient (Wildman–Crippen LogP) is 1.92. The second-order valence-electron chi connectivity index (χ2n) is 8.99. The molecule has 1 saturated carbocycles. The van der Waals surface area contributed by atoms with Crippen molar-refractivity contribution in [2.75, 3.05) is 44.6 Å². The van der Waals surface area contributed by atoms with Crippen LogP contribution >= 0.6 is 11.3 Å². The zero-order chi connectivity index (χ0) is 23.5. The molecule has 1 amide bonds. The first-order chi connectivity index (χ1) is 16.5. The maximum atomic E-state index is 13.3. The minimum Gasteiger partial charge on any atom is -0.314 e. The SMILES string of the molecule is O=C(Nc1ncc(CN2CCNCC2)s1)/C(=N/N1CCCC1)c1ccc(S(=O)(=O)C2CC2)cc1. The fraction of sp³-hybridized carbons (Fsp3) is 0.522. The smallest absolute Gasteiger partial charge is 0.278 e. The minimum absolute atomic E-state index is 0.264. The number of hydrogen-bond donors (Lipinski definition) is 2. The topological polar surface area (TPSA) is 107 Å². The number of anilines is 1. The van der Waals surface area contributed by atoms with E-state index < -0.39 is 9.84 Å². The Kier molecular flexibility index (Phi) is 6.96. The molecular formula is C23H30N6O3S2. The summed E-state index contributed by atoms with van der Waals surface area (Å²) in [6, 6.07) is 6.54. The molecule has 0 bridgehead atoms. The van der Waals surface area contributed by atoms with Gasteiger partial charge in [-0.1, -0.05) is 12.1 Å². The van der Waals surface area contributed by atoms with E-state index in [9.17, 15) is 13.2 Å². The second-order valence-corrected chi connectivity index (χ2v) is 12.3. The van der Waals surface area contributed by atoms with Crippen LogP contribution in [-0.2, 0) is 21.2 Å². The standard InChI is InChI=1S/C23H30N6O3S2/c30-22(26-23-25-15-18(33-23)16-28-13-9-24-10-14-28)21(27-29-11-1-2-12-29)17-3-5-19(6-4-17)34(31,32)20-7-8-20/h3-6,15,20,24H,1-2,7-14,16H2,(H,25,26,30)/b27-21+. The van der Waals surface area contributed by atoms with Crippen molar-refractivity contribution in [1.82, 2.24) is 20.2 Å². The average Bonchev–Trinajstić information content (AvgIpc) is 3.43. The third-order valence-electron chi connectivity index (χ3n) is 6.32. The second kappa shape index (κ2) is 10.1. The van der Waals surface area contributed by atoms with Gasteiger partial charge >= 0.3 is 0 Å². The predicted molar refractivity (Wildman–Crippen MR) is 133 cm³/mol. The number of aromatic nitrogens is 1. The molecular weight excluding hydrogens is 472 g/mol. The monoisotopic (exact) mass is 502 g/mol. The lowest BCUT2D eigenvalue weighted by Crippen LogP contribution is -2.42. The van der Waals surface area contributed by atoms with Crippen molar-refractivity contribution in [2.45, 2.75) is 42.4 Å². The van der Waals surface area contributed by atoms with Gasteiger partial charge in [-0.15, -0.1) is 11.3 Å². The number of nitrogens with zero attached hydrogens (tertiary/aromatic N) is 4. The van der Waals surface area contributed by atoms with Gasteiger partial charge in [-0.25, -0.2) is 13.4 Å². The van der Waals surface area contributed by atoms with Gasteiger partial charge in [0, 0.05) is 62.5 Å². The zero-order valence-corrected chi connectivity index (χ0v) is 20.7. The van der Waals surface area contributed by atoms with Crippen LogP contribution in [-0.4, -0.2) is 79.4 Å². The van der Waals surface area contributed by atoms with E-state index in [0.717, 1.165) is 76.4 Å². The van der Waals surface area contributed by atoms with Crippen molar-refractivity contribution in [3.05, 3.63) is 40.9 Å². The van der Waals surface area contributed by atoms with Crippen LogP contribution in [0, 0.1) is 0 Å². The lowest BCUT2D eigenvalue weighted by molar-refractivity contribution is -0.110. The average molecular weight is 503 g/mol. The summed E-state index contributed by atoms with van der Waals surface area (Å²) >= 11 is 1.47. The maximum absolute atomic E-state index is 13.3. The number of benzene rings is 1. The maximum Gasteiger partial charge on any atom is 0.278 e. The number of sulfone groups is 1. The molecule has 0 atom stereocenters. The molecule has 2 saturated heterocycles. The molecule has 5 rings (SSSR count). The lowest BCUT2D eigenvalue weighted by Gasteiger charge is -2.26. The molecule has 9 nitrogen and oxygen atoms in total. The molecule has 0 radical (unpaired) electrons. The van der Waals surface area contributed by atoms with Crippen molar-refractivity contribution in [2.24, 2.45) is 5.10 Å². The van der Waals surface area contributed by atoms with Crippen molar-refractivity contribution in [3.63, 3.8) is 0 Å². The number of amides is 1. The molecule has 3 fully saturated rings. The molecule has 34 heavy (non-hydrogen) atoms. The van der Waals surface area contributed by atoms with Gasteiger partial charge < -0.3 is 5.32 Å². The molecule has 1 aromatic carbocycles. The molecule has 2 N–H and O–H groups in total. The molecule has 2 aromatic rings. The molecule has 0 spiro atoms. The van der Waals surface area contributed by atoms with E-state index >= 15 is 0 Å². The van der Waals surface area contributed by atoms with Crippen LogP contribution < -0.4 is 10.6 Å². The van der Waals surface area contributed by atoms with E-state index in [0.29, 0.717) is 15.6 Å². The Labute approximate surface area is 204 Å². The largest absolute Gasteiger partial charge is 0.314 e. The molecule has 3 heterocycles. The highest BCUT2D eigenvalue weighted by Crippen LogP contribution is 2.33. The molecule has 11 heteroatoms. The van der Waals surface area contributed by atoms with Crippen LogP contribution in [0.1, 0.15) is 36.1 Å². The van der Waals surface area contributed by atoms with Crippen LogP contribution in [0.5, 0.6) is 0 Å². The number of rotatable bonds is 8. The summed E-state index contributed by atoms with van der Waals surface area (Å²) in [6.45, 7) is 6.39. The van der Waals surface area contributed by atoms with Gasteiger partial charge in [-0.3, -0.25) is 20.0 Å². The van der Waals surface area contributed by atoms with Crippen LogP contribution in [0.3, 0.4) is 0 Å². The third-order valence-corrected chi connectivity index (χ3v) is 9.50. The van der Waals surface area contributed by atoms with E-state index in [4.69, 9.17) is 0 Å².